The maximum atomic E-state index is 14.1. The quantitative estimate of drug-likeness (QED) is 0.364. The summed E-state index contributed by atoms with van der Waals surface area (Å²) >= 11 is 0. The molecule has 0 radical (unpaired) electrons. The number of hydrogen-bond donors (Lipinski definition) is 2. The van der Waals surface area contributed by atoms with Gasteiger partial charge in [0.05, 0.1) is 11.1 Å². The van der Waals surface area contributed by atoms with Gasteiger partial charge in [0.1, 0.15) is 5.82 Å². The number of fused-ring (bicyclic) bond motifs is 3. The Bertz CT molecular complexity index is 1300. The van der Waals surface area contributed by atoms with E-state index in [4.69, 9.17) is 5.73 Å². The second-order valence-corrected chi connectivity index (χ2v) is 10.8. The Labute approximate surface area is 229 Å². The molecule has 0 spiro atoms. The summed E-state index contributed by atoms with van der Waals surface area (Å²) in [6.07, 6.45) is 3.06. The lowest BCUT2D eigenvalue weighted by atomic mass is 9.82. The number of piperidine rings is 1. The summed E-state index contributed by atoms with van der Waals surface area (Å²) in [5, 5.41) is 2.70. The first-order chi connectivity index (χ1) is 19.1. The average Bonchev–Trinajstić information content (AvgIpc) is 3.34. The van der Waals surface area contributed by atoms with Crippen molar-refractivity contribution in [2.24, 2.45) is 11.7 Å². The summed E-state index contributed by atoms with van der Waals surface area (Å²) in [6.45, 7) is 0.0899. The minimum Gasteiger partial charge on any atom is -0.356 e. The number of benzene rings is 2. The van der Waals surface area contributed by atoms with E-state index in [1.807, 2.05) is 4.90 Å². The molecule has 2 fully saturated rings. The molecule has 2 bridgehead atoms. The highest BCUT2D eigenvalue weighted by Gasteiger charge is 2.44. The molecule has 2 aromatic rings. The first kappa shape index (κ1) is 27.8. The molecular weight excluding hydrogens is 525 g/mol. The number of halogens is 3. The van der Waals surface area contributed by atoms with Crippen molar-refractivity contribution >= 4 is 23.6 Å². The zero-order valence-electron chi connectivity index (χ0n) is 21.9. The molecule has 8 nitrogen and oxygen atoms in total. The van der Waals surface area contributed by atoms with Crippen LogP contribution in [0, 0.1) is 23.4 Å². The first-order valence-corrected chi connectivity index (χ1v) is 13.6. The monoisotopic (exact) mass is 556 g/mol. The van der Waals surface area contributed by atoms with Crippen molar-refractivity contribution in [3.8, 4) is 0 Å². The molecule has 5 rings (SSSR count). The van der Waals surface area contributed by atoms with Gasteiger partial charge in [-0.3, -0.25) is 24.1 Å². The Kier molecular flexibility index (Phi) is 7.93. The van der Waals surface area contributed by atoms with E-state index < -0.39 is 35.3 Å². The van der Waals surface area contributed by atoms with Crippen LogP contribution in [-0.2, 0) is 16.0 Å². The second kappa shape index (κ2) is 11.4. The molecule has 0 saturated carbocycles. The lowest BCUT2D eigenvalue weighted by Crippen LogP contribution is -2.50. The van der Waals surface area contributed by atoms with Crippen LogP contribution in [0.25, 0.3) is 0 Å². The Morgan fingerprint density at radius 3 is 2.15 bits per heavy atom. The van der Waals surface area contributed by atoms with Crippen LogP contribution in [0.2, 0.25) is 0 Å². The third-order valence-corrected chi connectivity index (χ3v) is 8.31. The Morgan fingerprint density at radius 1 is 0.925 bits per heavy atom. The van der Waals surface area contributed by atoms with Crippen LogP contribution in [0.4, 0.5) is 13.2 Å². The van der Waals surface area contributed by atoms with Gasteiger partial charge in [0.2, 0.25) is 11.8 Å². The van der Waals surface area contributed by atoms with E-state index >= 15 is 0 Å². The summed E-state index contributed by atoms with van der Waals surface area (Å²) in [4.78, 5) is 53.2. The third kappa shape index (κ3) is 5.47. The highest BCUT2D eigenvalue weighted by atomic mass is 19.2. The smallest absolute Gasteiger partial charge is 0.261 e. The van der Waals surface area contributed by atoms with Gasteiger partial charge in [-0.25, -0.2) is 13.2 Å². The predicted octanol–water partition coefficient (Wildman–Crippen LogP) is 2.94. The first-order valence-electron chi connectivity index (χ1n) is 13.6. The number of hydrogen-bond acceptors (Lipinski definition) is 5. The molecular formula is C29H31F3N4O4. The van der Waals surface area contributed by atoms with Gasteiger partial charge >= 0.3 is 0 Å². The van der Waals surface area contributed by atoms with Crippen molar-refractivity contribution in [2.45, 2.75) is 63.1 Å². The molecule has 11 heteroatoms. The Balaban J connectivity index is 1.07. The van der Waals surface area contributed by atoms with Gasteiger partial charge in [-0.15, -0.1) is 0 Å². The van der Waals surface area contributed by atoms with E-state index in [-0.39, 0.29) is 67.7 Å². The van der Waals surface area contributed by atoms with Crippen molar-refractivity contribution in [2.75, 3.05) is 13.1 Å². The van der Waals surface area contributed by atoms with E-state index in [2.05, 4.69) is 5.32 Å². The van der Waals surface area contributed by atoms with Crippen molar-refractivity contribution in [1.29, 1.82) is 0 Å². The number of carbonyl (C=O) groups is 4. The van der Waals surface area contributed by atoms with Crippen LogP contribution in [0.1, 0.15) is 64.8 Å². The molecule has 40 heavy (non-hydrogen) atoms. The topological polar surface area (TPSA) is 113 Å². The summed E-state index contributed by atoms with van der Waals surface area (Å²) in [6, 6.07) is 7.42. The molecule has 0 aliphatic carbocycles. The highest BCUT2D eigenvalue weighted by molar-refractivity contribution is 6.21. The molecule has 4 atom stereocenters. The van der Waals surface area contributed by atoms with Gasteiger partial charge in [-0.1, -0.05) is 12.1 Å². The van der Waals surface area contributed by atoms with E-state index in [9.17, 15) is 32.3 Å². The van der Waals surface area contributed by atoms with Gasteiger partial charge in [0, 0.05) is 50.1 Å². The lowest BCUT2D eigenvalue weighted by Gasteiger charge is -2.41. The van der Waals surface area contributed by atoms with Gasteiger partial charge in [0.15, 0.2) is 11.6 Å². The van der Waals surface area contributed by atoms with E-state index in [0.29, 0.717) is 30.0 Å². The zero-order valence-corrected chi connectivity index (χ0v) is 21.9. The molecule has 1 unspecified atom stereocenters. The number of carbonyl (C=O) groups excluding carboxylic acids is 4. The fourth-order valence-corrected chi connectivity index (χ4v) is 6.30. The lowest BCUT2D eigenvalue weighted by molar-refractivity contribution is -0.136. The Morgan fingerprint density at radius 2 is 1.52 bits per heavy atom. The number of imide groups is 1. The van der Waals surface area contributed by atoms with Crippen LogP contribution in [0.5, 0.6) is 0 Å². The van der Waals surface area contributed by atoms with Crippen molar-refractivity contribution in [3.63, 3.8) is 0 Å². The molecule has 0 aromatic heterocycles. The molecule has 212 valence electrons. The summed E-state index contributed by atoms with van der Waals surface area (Å²) < 4.78 is 41.0. The van der Waals surface area contributed by atoms with Crippen LogP contribution < -0.4 is 11.1 Å². The van der Waals surface area contributed by atoms with Crippen LogP contribution in [0.15, 0.2) is 36.4 Å². The SMILES string of the molecule is N[C@H](Cc1cc(F)c(F)cc1F)C1C[C@H]2CC[C@@H](C1)N2C(=O)CCNC(=O)CCN1C(=O)c2ccccc2C1=O. The third-order valence-electron chi connectivity index (χ3n) is 8.31. The summed E-state index contributed by atoms with van der Waals surface area (Å²) in [5.41, 5.74) is 7.06. The molecule has 3 N–H and O–H groups in total. The Hall–Kier alpha value is -3.73. The fourth-order valence-electron chi connectivity index (χ4n) is 6.30. The summed E-state index contributed by atoms with van der Waals surface area (Å²) in [5.74, 6) is -4.44. The predicted molar refractivity (Wildman–Crippen MR) is 138 cm³/mol. The number of nitrogens with two attached hydrogens (primary N) is 1. The fraction of sp³-hybridized carbons (Fsp3) is 0.448. The number of rotatable bonds is 9. The van der Waals surface area contributed by atoms with Crippen LogP contribution in [0.3, 0.4) is 0 Å². The minimum absolute atomic E-state index is 0.0101. The molecule has 3 aliphatic heterocycles. The molecule has 4 amide bonds. The maximum absolute atomic E-state index is 14.1. The number of amides is 4. The molecule has 3 heterocycles. The van der Waals surface area contributed by atoms with Gasteiger partial charge in [-0.2, -0.15) is 0 Å². The maximum Gasteiger partial charge on any atom is 0.261 e. The minimum atomic E-state index is -1.24. The van der Waals surface area contributed by atoms with E-state index in [1.54, 1.807) is 24.3 Å². The van der Waals surface area contributed by atoms with Crippen LogP contribution >= 0.6 is 0 Å². The van der Waals surface area contributed by atoms with Crippen molar-refractivity contribution in [1.82, 2.24) is 15.1 Å². The highest BCUT2D eigenvalue weighted by Crippen LogP contribution is 2.40. The molecule has 3 aliphatic rings. The standard InChI is InChI=1S/C29H31F3N4O4/c30-22-15-24(32)23(31)13-16(22)14-25(33)17-11-18-5-6-19(12-17)36(18)27(38)7-9-34-26(37)8-10-35-28(39)20-3-1-2-4-21(20)29(35)40/h1-4,13,15,17-19,25H,5-12,14,33H2,(H,34,37)/t17?,18-,19+,25-/m1/s1. The van der Waals surface area contributed by atoms with E-state index in [0.717, 1.165) is 23.8 Å². The molecule has 2 saturated heterocycles. The normalized spacial score (nSPS) is 22.4. The number of nitrogens with one attached hydrogen (secondary N) is 1. The zero-order chi connectivity index (χ0) is 28.6. The second-order valence-electron chi connectivity index (χ2n) is 10.8. The van der Waals surface area contributed by atoms with Gasteiger partial charge in [-0.05, 0) is 61.8 Å². The van der Waals surface area contributed by atoms with Crippen molar-refractivity contribution < 1.29 is 32.3 Å². The number of nitrogens with zero attached hydrogens (tertiary/aromatic N) is 2. The summed E-state index contributed by atoms with van der Waals surface area (Å²) in [7, 11) is 0. The molecule has 2 aromatic carbocycles. The average molecular weight is 557 g/mol. The van der Waals surface area contributed by atoms with Gasteiger partial charge in [0.25, 0.3) is 11.8 Å². The van der Waals surface area contributed by atoms with Crippen LogP contribution in [-0.4, -0.2) is 64.6 Å². The van der Waals surface area contributed by atoms with E-state index in [1.165, 1.54) is 0 Å². The van der Waals surface area contributed by atoms with Crippen molar-refractivity contribution in [3.05, 3.63) is 70.5 Å². The largest absolute Gasteiger partial charge is 0.356 e. The van der Waals surface area contributed by atoms with Gasteiger partial charge < -0.3 is 16.0 Å².